The van der Waals surface area contributed by atoms with Gasteiger partial charge in [0.15, 0.2) is 0 Å². The van der Waals surface area contributed by atoms with Crippen LogP contribution in [0.3, 0.4) is 0 Å². The zero-order chi connectivity index (χ0) is 27.8. The number of ether oxygens (including phenoxy) is 2. The lowest BCUT2D eigenvalue weighted by atomic mass is 9.95. The van der Waals surface area contributed by atoms with Crippen LogP contribution in [-0.2, 0) is 16.0 Å². The molecule has 6 nitrogen and oxygen atoms in total. The van der Waals surface area contributed by atoms with Crippen LogP contribution in [0.5, 0.6) is 11.5 Å². The fourth-order valence-electron chi connectivity index (χ4n) is 4.62. The molecule has 1 atom stereocenters. The number of amides is 1. The molecule has 1 unspecified atom stereocenters. The number of aliphatic hydroxyl groups excluding tert-OH is 1. The van der Waals surface area contributed by atoms with Crippen molar-refractivity contribution in [3.63, 3.8) is 0 Å². The summed E-state index contributed by atoms with van der Waals surface area (Å²) >= 11 is 0. The molecule has 1 fully saturated rings. The molecular formula is C33H37NO5. The first-order valence-electron chi connectivity index (χ1n) is 13.7. The topological polar surface area (TPSA) is 76.1 Å². The van der Waals surface area contributed by atoms with E-state index in [1.165, 1.54) is 0 Å². The lowest BCUT2D eigenvalue weighted by Crippen LogP contribution is -2.31. The molecule has 3 aromatic carbocycles. The highest BCUT2D eigenvalue weighted by atomic mass is 16.5. The molecular weight excluding hydrogens is 490 g/mol. The standard InChI is InChI=1S/C33H37NO5/c1-4-20-38-27-15-13-25(14-16-27)31(35)29-30(26-11-8-12-28(22-26)39-21-18-23(2)3)34(33(37)32(29)36)19-17-24-9-6-5-7-10-24/h5-16,22-23,30,35H,4,17-21H2,1-3H3/b31-29+. The Labute approximate surface area is 230 Å². The van der Waals surface area contributed by atoms with Gasteiger partial charge in [-0.25, -0.2) is 0 Å². The number of Topliss-reactive ketones (excluding diaryl/α,β-unsaturated/α-hetero) is 1. The molecule has 1 amide bonds. The molecule has 4 rings (SSSR count). The number of carbonyl (C=O) groups is 2. The molecule has 1 saturated heterocycles. The SMILES string of the molecule is CCCOc1ccc(/C(O)=C2\C(=O)C(=O)N(CCc3ccccc3)C2c2cccc(OCCC(C)C)c2)cc1. The number of likely N-dealkylation sites (tertiary alicyclic amines) is 1. The second-order valence-corrected chi connectivity index (χ2v) is 10.2. The Balaban J connectivity index is 1.71. The Morgan fingerprint density at radius 2 is 1.62 bits per heavy atom. The van der Waals surface area contributed by atoms with Crippen molar-refractivity contribution in [2.45, 2.75) is 46.1 Å². The van der Waals surface area contributed by atoms with Gasteiger partial charge >= 0.3 is 0 Å². The van der Waals surface area contributed by atoms with Crippen molar-refractivity contribution in [2.75, 3.05) is 19.8 Å². The summed E-state index contributed by atoms with van der Waals surface area (Å²) in [6, 6.07) is 23.5. The van der Waals surface area contributed by atoms with Gasteiger partial charge in [-0.05, 0) is 72.7 Å². The maximum atomic E-state index is 13.4. The second kappa shape index (κ2) is 13.1. The van der Waals surface area contributed by atoms with Crippen molar-refractivity contribution in [2.24, 2.45) is 5.92 Å². The average Bonchev–Trinajstić information content (AvgIpc) is 3.20. The number of hydrogen-bond donors (Lipinski definition) is 1. The maximum Gasteiger partial charge on any atom is 0.295 e. The van der Waals surface area contributed by atoms with Crippen molar-refractivity contribution in [1.29, 1.82) is 0 Å². The van der Waals surface area contributed by atoms with Gasteiger partial charge in [0.05, 0.1) is 24.8 Å². The summed E-state index contributed by atoms with van der Waals surface area (Å²) in [6.07, 6.45) is 2.38. The van der Waals surface area contributed by atoms with Crippen LogP contribution >= 0.6 is 0 Å². The number of rotatable bonds is 12. The number of benzene rings is 3. The highest BCUT2D eigenvalue weighted by Crippen LogP contribution is 2.40. The number of hydrogen-bond acceptors (Lipinski definition) is 5. The Morgan fingerprint density at radius 3 is 2.31 bits per heavy atom. The third kappa shape index (κ3) is 6.88. The quantitative estimate of drug-likeness (QED) is 0.164. The molecule has 0 spiro atoms. The molecule has 6 heteroatoms. The highest BCUT2D eigenvalue weighted by molar-refractivity contribution is 6.46. The minimum atomic E-state index is -0.738. The Hall–Kier alpha value is -4.06. The monoisotopic (exact) mass is 527 g/mol. The molecule has 1 N–H and O–H groups in total. The largest absolute Gasteiger partial charge is 0.507 e. The summed E-state index contributed by atoms with van der Waals surface area (Å²) in [7, 11) is 0. The summed E-state index contributed by atoms with van der Waals surface area (Å²) < 4.78 is 11.6. The van der Waals surface area contributed by atoms with Crippen molar-refractivity contribution in [3.8, 4) is 11.5 Å². The Kier molecular flexibility index (Phi) is 9.42. The van der Waals surface area contributed by atoms with Crippen LogP contribution < -0.4 is 9.47 Å². The van der Waals surface area contributed by atoms with Crippen LogP contribution in [0.4, 0.5) is 0 Å². The fourth-order valence-corrected chi connectivity index (χ4v) is 4.62. The lowest BCUT2D eigenvalue weighted by Gasteiger charge is -2.26. The second-order valence-electron chi connectivity index (χ2n) is 10.2. The summed E-state index contributed by atoms with van der Waals surface area (Å²) in [5, 5.41) is 11.4. The Bertz CT molecular complexity index is 1300. The van der Waals surface area contributed by atoms with Crippen LogP contribution in [0.2, 0.25) is 0 Å². The Morgan fingerprint density at radius 1 is 0.897 bits per heavy atom. The summed E-state index contributed by atoms with van der Waals surface area (Å²) in [6.45, 7) is 7.81. The molecule has 0 bridgehead atoms. The third-order valence-electron chi connectivity index (χ3n) is 6.76. The number of ketones is 1. The van der Waals surface area contributed by atoms with Crippen LogP contribution in [0.15, 0.2) is 84.4 Å². The molecule has 204 valence electrons. The summed E-state index contributed by atoms with van der Waals surface area (Å²) in [5.41, 5.74) is 2.31. The van der Waals surface area contributed by atoms with Crippen LogP contribution in [-0.4, -0.2) is 41.5 Å². The first kappa shape index (κ1) is 28.0. The number of aliphatic hydroxyl groups is 1. The van der Waals surface area contributed by atoms with E-state index in [1.807, 2.05) is 61.5 Å². The van der Waals surface area contributed by atoms with E-state index in [0.717, 1.165) is 18.4 Å². The van der Waals surface area contributed by atoms with Gasteiger partial charge in [-0.15, -0.1) is 0 Å². The first-order chi connectivity index (χ1) is 18.9. The van der Waals surface area contributed by atoms with Crippen molar-refractivity contribution >= 4 is 17.4 Å². The van der Waals surface area contributed by atoms with E-state index in [-0.39, 0.29) is 11.3 Å². The normalized spacial score (nSPS) is 16.6. The molecule has 0 aromatic heterocycles. The lowest BCUT2D eigenvalue weighted by molar-refractivity contribution is -0.139. The van der Waals surface area contributed by atoms with Gasteiger partial charge in [0, 0.05) is 12.1 Å². The first-order valence-corrected chi connectivity index (χ1v) is 13.7. The third-order valence-corrected chi connectivity index (χ3v) is 6.76. The van der Waals surface area contributed by atoms with E-state index in [2.05, 4.69) is 13.8 Å². The van der Waals surface area contributed by atoms with Crippen LogP contribution in [0, 0.1) is 5.92 Å². The van der Waals surface area contributed by atoms with Crippen molar-refractivity contribution in [1.82, 2.24) is 4.90 Å². The molecule has 0 aliphatic carbocycles. The van der Waals surface area contributed by atoms with E-state index in [4.69, 9.17) is 9.47 Å². The van der Waals surface area contributed by atoms with Crippen LogP contribution in [0.1, 0.15) is 56.3 Å². The molecule has 0 radical (unpaired) electrons. The zero-order valence-corrected chi connectivity index (χ0v) is 22.9. The van der Waals surface area contributed by atoms with E-state index >= 15 is 0 Å². The van der Waals surface area contributed by atoms with Gasteiger partial charge in [-0.2, -0.15) is 0 Å². The fraction of sp³-hybridized carbons (Fsp3) is 0.333. The molecule has 3 aromatic rings. The molecule has 39 heavy (non-hydrogen) atoms. The van der Waals surface area contributed by atoms with Crippen molar-refractivity contribution < 1.29 is 24.2 Å². The van der Waals surface area contributed by atoms with Gasteiger partial charge < -0.3 is 19.5 Å². The minimum absolute atomic E-state index is 0.0784. The summed E-state index contributed by atoms with van der Waals surface area (Å²) in [4.78, 5) is 28.3. The van der Waals surface area contributed by atoms with Crippen LogP contribution in [0.25, 0.3) is 5.76 Å². The van der Waals surface area contributed by atoms with Gasteiger partial charge in [0.25, 0.3) is 11.7 Å². The highest BCUT2D eigenvalue weighted by Gasteiger charge is 2.46. The predicted molar refractivity (Wildman–Crippen MR) is 153 cm³/mol. The van der Waals surface area contributed by atoms with E-state index < -0.39 is 17.7 Å². The minimum Gasteiger partial charge on any atom is -0.507 e. The van der Waals surface area contributed by atoms with Gasteiger partial charge in [-0.3, -0.25) is 9.59 Å². The van der Waals surface area contributed by atoms with Gasteiger partial charge in [0.1, 0.15) is 17.3 Å². The van der Waals surface area contributed by atoms with E-state index in [1.54, 1.807) is 29.2 Å². The van der Waals surface area contributed by atoms with Gasteiger partial charge in [-0.1, -0.05) is 63.2 Å². The molecule has 1 heterocycles. The smallest absolute Gasteiger partial charge is 0.295 e. The number of nitrogens with zero attached hydrogens (tertiary/aromatic N) is 1. The average molecular weight is 528 g/mol. The van der Waals surface area contributed by atoms with E-state index in [0.29, 0.717) is 54.7 Å². The van der Waals surface area contributed by atoms with E-state index in [9.17, 15) is 14.7 Å². The molecule has 1 aliphatic rings. The summed E-state index contributed by atoms with van der Waals surface area (Å²) in [5.74, 6) is 0.346. The molecule has 0 saturated carbocycles. The predicted octanol–water partition coefficient (Wildman–Crippen LogP) is 6.56. The maximum absolute atomic E-state index is 13.4. The number of carbonyl (C=O) groups excluding carboxylic acids is 2. The van der Waals surface area contributed by atoms with Gasteiger partial charge in [0.2, 0.25) is 0 Å². The zero-order valence-electron chi connectivity index (χ0n) is 22.9. The van der Waals surface area contributed by atoms with Crippen molar-refractivity contribution in [3.05, 3.63) is 101 Å². The molecule has 1 aliphatic heterocycles.